The molecule has 1 saturated heterocycles. The number of H-pyrrole nitrogens is 1. The highest BCUT2D eigenvalue weighted by molar-refractivity contribution is 7.89. The highest BCUT2D eigenvalue weighted by Crippen LogP contribution is 2.19. The molecule has 3 N–H and O–H groups in total. The van der Waals surface area contributed by atoms with Gasteiger partial charge in [-0.25, -0.2) is 23.0 Å². The standard InChI is InChI=1S/C13H22N4O2S/c1-11(2)16-7-9-17(10-8-16)13-12(5-4-6-15-13)20(18,19)14-3/h4-6,11,14H,7-10H2,1-3H3/p+2. The number of aromatic nitrogens is 1. The Morgan fingerprint density at radius 1 is 1.35 bits per heavy atom. The van der Waals surface area contributed by atoms with Crippen molar-refractivity contribution in [2.24, 2.45) is 0 Å². The van der Waals surface area contributed by atoms with E-state index >= 15 is 0 Å². The summed E-state index contributed by atoms with van der Waals surface area (Å²) >= 11 is 0. The van der Waals surface area contributed by atoms with Crippen LogP contribution in [-0.4, -0.2) is 47.7 Å². The van der Waals surface area contributed by atoms with E-state index in [0.29, 0.717) is 16.8 Å². The molecule has 7 heteroatoms. The van der Waals surface area contributed by atoms with Crippen LogP contribution in [0.2, 0.25) is 0 Å². The Balaban J connectivity index is 2.23. The van der Waals surface area contributed by atoms with Gasteiger partial charge in [-0.05, 0) is 33.0 Å². The van der Waals surface area contributed by atoms with Crippen LogP contribution in [0.25, 0.3) is 0 Å². The topological polar surface area (TPSA) is 68.0 Å². The molecule has 6 nitrogen and oxygen atoms in total. The molecule has 1 aromatic heterocycles. The van der Waals surface area contributed by atoms with E-state index in [1.54, 1.807) is 23.2 Å². The number of sulfonamides is 1. The van der Waals surface area contributed by atoms with Crippen LogP contribution >= 0.6 is 0 Å². The minimum Gasteiger partial charge on any atom is -0.326 e. The number of hydrogen-bond donors (Lipinski definition) is 2. The van der Waals surface area contributed by atoms with Gasteiger partial charge in [-0.3, -0.25) is 0 Å². The summed E-state index contributed by atoms with van der Waals surface area (Å²) in [6.45, 7) is 8.21. The van der Waals surface area contributed by atoms with Crippen LogP contribution < -0.4 is 19.5 Å². The molecule has 0 radical (unpaired) electrons. The molecule has 1 fully saturated rings. The third-order valence-corrected chi connectivity index (χ3v) is 5.34. The van der Waals surface area contributed by atoms with Gasteiger partial charge in [0.1, 0.15) is 26.2 Å². The molecule has 0 atom stereocenters. The first-order valence-electron chi connectivity index (χ1n) is 6.99. The summed E-state index contributed by atoms with van der Waals surface area (Å²) in [6, 6.07) is 3.96. The van der Waals surface area contributed by atoms with Gasteiger partial charge in [-0.1, -0.05) is 0 Å². The zero-order valence-electron chi connectivity index (χ0n) is 12.3. The average molecular weight is 300 g/mol. The molecular weight excluding hydrogens is 276 g/mol. The van der Waals surface area contributed by atoms with Crippen LogP contribution in [0.3, 0.4) is 0 Å². The first-order chi connectivity index (χ1) is 9.45. The smallest absolute Gasteiger partial charge is 0.295 e. The number of pyridine rings is 1. The molecule has 0 aromatic carbocycles. The van der Waals surface area contributed by atoms with Crippen molar-refractivity contribution in [3.05, 3.63) is 18.3 Å². The Hall–Kier alpha value is -1.18. The van der Waals surface area contributed by atoms with E-state index in [1.165, 1.54) is 7.05 Å². The Labute approximate surface area is 120 Å². The van der Waals surface area contributed by atoms with Crippen LogP contribution in [0.15, 0.2) is 23.2 Å². The Kier molecular flexibility index (Phi) is 4.62. The van der Waals surface area contributed by atoms with E-state index in [9.17, 15) is 8.42 Å². The van der Waals surface area contributed by atoms with Gasteiger partial charge in [-0.2, -0.15) is 0 Å². The maximum atomic E-state index is 12.1. The van der Waals surface area contributed by atoms with E-state index in [1.807, 2.05) is 0 Å². The van der Waals surface area contributed by atoms with Crippen LogP contribution in [0.4, 0.5) is 5.82 Å². The largest absolute Gasteiger partial charge is 0.326 e. The van der Waals surface area contributed by atoms with E-state index in [0.717, 1.165) is 26.2 Å². The molecule has 1 aliphatic heterocycles. The predicted molar refractivity (Wildman–Crippen MR) is 77.3 cm³/mol. The summed E-state index contributed by atoms with van der Waals surface area (Å²) in [5.41, 5.74) is 0. The van der Waals surface area contributed by atoms with Crippen LogP contribution in [0, 0.1) is 0 Å². The quantitative estimate of drug-likeness (QED) is 0.713. The number of hydrogen-bond acceptors (Lipinski definition) is 3. The first kappa shape index (κ1) is 15.2. The molecule has 0 amide bonds. The fourth-order valence-corrected chi connectivity index (χ4v) is 3.50. The number of rotatable bonds is 4. The van der Waals surface area contributed by atoms with E-state index in [4.69, 9.17) is 0 Å². The summed E-state index contributed by atoms with van der Waals surface area (Å²) in [4.78, 5) is 7.09. The van der Waals surface area contributed by atoms with Gasteiger partial charge >= 0.3 is 0 Å². The Bertz CT molecular complexity index is 551. The zero-order valence-corrected chi connectivity index (χ0v) is 13.1. The lowest BCUT2D eigenvalue weighted by atomic mass is 10.2. The molecule has 20 heavy (non-hydrogen) atoms. The van der Waals surface area contributed by atoms with Gasteiger partial charge in [0.25, 0.3) is 5.82 Å². The number of nitrogens with zero attached hydrogens (tertiary/aromatic N) is 1. The fourth-order valence-electron chi connectivity index (χ4n) is 2.58. The minimum absolute atomic E-state index is 0.315. The average Bonchev–Trinajstić information content (AvgIpc) is 2.47. The normalized spacial score (nSPS) is 17.7. The van der Waals surface area contributed by atoms with Crippen molar-refractivity contribution in [2.75, 3.05) is 38.1 Å². The molecule has 0 aliphatic carbocycles. The fraction of sp³-hybridized carbons (Fsp3) is 0.615. The van der Waals surface area contributed by atoms with Crippen molar-refractivity contribution in [1.29, 1.82) is 0 Å². The van der Waals surface area contributed by atoms with Crippen molar-refractivity contribution in [3.8, 4) is 0 Å². The van der Waals surface area contributed by atoms with Crippen molar-refractivity contribution in [1.82, 2.24) is 4.72 Å². The van der Waals surface area contributed by atoms with Crippen LogP contribution in [0.5, 0.6) is 0 Å². The predicted octanol–water partition coefficient (Wildman–Crippen LogP) is -1.48. The lowest BCUT2D eigenvalue weighted by Crippen LogP contribution is -3.17. The lowest BCUT2D eigenvalue weighted by Gasteiger charge is -2.31. The SMILES string of the molecule is CNS(=O)(=O)c1ccc[nH+]c1N1CC[NH+](C(C)C)CC1. The van der Waals surface area contributed by atoms with Crippen LogP contribution in [-0.2, 0) is 10.0 Å². The highest BCUT2D eigenvalue weighted by atomic mass is 32.2. The summed E-state index contributed by atoms with van der Waals surface area (Å²) in [7, 11) is -2.00. The third kappa shape index (κ3) is 3.11. The second kappa shape index (κ2) is 6.07. The first-order valence-corrected chi connectivity index (χ1v) is 8.48. The molecule has 2 rings (SSSR count). The van der Waals surface area contributed by atoms with Crippen molar-refractivity contribution in [2.45, 2.75) is 24.8 Å². The minimum atomic E-state index is -3.44. The number of nitrogens with one attached hydrogen (secondary N) is 3. The molecule has 1 aliphatic rings. The van der Waals surface area contributed by atoms with Crippen molar-refractivity contribution >= 4 is 15.8 Å². The number of piperazine rings is 1. The van der Waals surface area contributed by atoms with Gasteiger partial charge in [0.15, 0.2) is 4.90 Å². The Morgan fingerprint density at radius 3 is 2.55 bits per heavy atom. The molecular formula is C13H24N4O2S+2. The molecule has 0 unspecified atom stereocenters. The maximum absolute atomic E-state index is 12.1. The summed E-state index contributed by atoms with van der Waals surface area (Å²) in [6.07, 6.45) is 1.77. The molecule has 1 aromatic rings. The van der Waals surface area contributed by atoms with Gasteiger partial charge in [0.05, 0.1) is 12.2 Å². The van der Waals surface area contributed by atoms with Gasteiger partial charge < -0.3 is 4.90 Å². The molecule has 0 saturated carbocycles. The zero-order chi connectivity index (χ0) is 14.8. The lowest BCUT2D eigenvalue weighted by molar-refractivity contribution is -0.922. The molecule has 0 spiro atoms. The molecule has 2 heterocycles. The second-order valence-corrected chi connectivity index (χ2v) is 7.25. The van der Waals surface area contributed by atoms with E-state index in [-0.39, 0.29) is 0 Å². The van der Waals surface area contributed by atoms with Gasteiger partial charge in [0.2, 0.25) is 10.0 Å². The van der Waals surface area contributed by atoms with Crippen molar-refractivity contribution < 1.29 is 18.3 Å². The number of aromatic amines is 1. The number of anilines is 1. The van der Waals surface area contributed by atoms with Crippen molar-refractivity contribution in [3.63, 3.8) is 0 Å². The third-order valence-electron chi connectivity index (χ3n) is 3.89. The van der Waals surface area contributed by atoms with Gasteiger partial charge in [-0.15, -0.1) is 0 Å². The Morgan fingerprint density at radius 2 is 2.00 bits per heavy atom. The molecule has 0 bridgehead atoms. The monoisotopic (exact) mass is 300 g/mol. The van der Waals surface area contributed by atoms with E-state index in [2.05, 4.69) is 28.5 Å². The maximum Gasteiger partial charge on any atom is 0.295 e. The highest BCUT2D eigenvalue weighted by Gasteiger charge is 2.32. The van der Waals surface area contributed by atoms with Gasteiger partial charge in [0, 0.05) is 0 Å². The van der Waals surface area contributed by atoms with Crippen LogP contribution in [0.1, 0.15) is 13.8 Å². The number of quaternary nitrogens is 1. The van der Waals surface area contributed by atoms with E-state index < -0.39 is 10.0 Å². The summed E-state index contributed by atoms with van der Waals surface area (Å²) in [5, 5.41) is 0. The summed E-state index contributed by atoms with van der Waals surface area (Å²) in [5.74, 6) is 0.685. The second-order valence-electron chi connectivity index (χ2n) is 5.39. The summed E-state index contributed by atoms with van der Waals surface area (Å²) < 4.78 is 26.5. The molecule has 112 valence electrons.